The minimum Gasteiger partial charge on any atom is -0.273 e. The summed E-state index contributed by atoms with van der Waals surface area (Å²) in [6.07, 6.45) is 2.50. The van der Waals surface area contributed by atoms with Gasteiger partial charge in [0.2, 0.25) is 5.91 Å². The first-order chi connectivity index (χ1) is 12.3. The first-order valence-electron chi connectivity index (χ1n) is 8.28. The number of hydrazone groups is 1. The maximum absolute atomic E-state index is 12.7. The molecule has 2 aromatic carbocycles. The summed E-state index contributed by atoms with van der Waals surface area (Å²) in [5.74, 6) is -0.127. The average molecular weight is 346 g/mol. The van der Waals surface area contributed by atoms with Gasteiger partial charge in [-0.3, -0.25) is 4.79 Å². The van der Waals surface area contributed by atoms with Crippen molar-refractivity contribution in [3.8, 4) is 0 Å². The molecule has 4 rings (SSSR count). The molecule has 4 heteroatoms. The van der Waals surface area contributed by atoms with E-state index in [2.05, 4.69) is 34.8 Å². The normalized spacial score (nSPS) is 18.2. The van der Waals surface area contributed by atoms with Gasteiger partial charge in [-0.25, -0.2) is 5.43 Å². The minimum absolute atomic E-state index is 0.0273. The largest absolute Gasteiger partial charge is 0.273 e. The van der Waals surface area contributed by atoms with E-state index in [4.69, 9.17) is 0 Å². The summed E-state index contributed by atoms with van der Waals surface area (Å²) in [6.45, 7) is 0. The van der Waals surface area contributed by atoms with Crippen molar-refractivity contribution in [1.82, 2.24) is 5.43 Å². The predicted octanol–water partition coefficient (Wildman–Crippen LogP) is 4.20. The molecule has 25 heavy (non-hydrogen) atoms. The molecule has 1 heterocycles. The lowest BCUT2D eigenvalue weighted by molar-refractivity contribution is -0.122. The molecule has 0 bridgehead atoms. The zero-order chi connectivity index (χ0) is 17.1. The summed E-state index contributed by atoms with van der Waals surface area (Å²) in [5.41, 5.74) is 4.84. The topological polar surface area (TPSA) is 41.5 Å². The van der Waals surface area contributed by atoms with Gasteiger partial charge in [0.1, 0.15) is 0 Å². The number of amides is 1. The molecule has 0 saturated heterocycles. The van der Waals surface area contributed by atoms with Gasteiger partial charge in [0.25, 0.3) is 0 Å². The van der Waals surface area contributed by atoms with Crippen molar-refractivity contribution in [2.24, 2.45) is 11.0 Å². The van der Waals surface area contributed by atoms with Gasteiger partial charge >= 0.3 is 0 Å². The minimum atomic E-state index is -0.245. The Morgan fingerprint density at radius 3 is 2.20 bits per heavy atom. The predicted molar refractivity (Wildman–Crippen MR) is 102 cm³/mol. The fourth-order valence-corrected chi connectivity index (χ4v) is 4.04. The summed E-state index contributed by atoms with van der Waals surface area (Å²) in [4.78, 5) is 13.7. The molecular weight excluding hydrogens is 328 g/mol. The Morgan fingerprint density at radius 2 is 1.64 bits per heavy atom. The Morgan fingerprint density at radius 1 is 1.00 bits per heavy atom. The maximum atomic E-state index is 12.7. The first kappa shape index (κ1) is 15.8. The zero-order valence-electron chi connectivity index (χ0n) is 13.6. The Bertz CT molecular complexity index is 833. The van der Waals surface area contributed by atoms with Crippen molar-refractivity contribution in [3.05, 3.63) is 94.2 Å². The molecule has 1 aliphatic rings. The SMILES string of the molecule is O=C(N/N=C/c1cccs1)C1CC1(c1ccccc1)c1ccccc1. The van der Waals surface area contributed by atoms with Crippen LogP contribution in [0.25, 0.3) is 0 Å². The van der Waals surface area contributed by atoms with Crippen molar-refractivity contribution in [1.29, 1.82) is 0 Å². The molecule has 1 aromatic heterocycles. The highest BCUT2D eigenvalue weighted by atomic mass is 32.1. The van der Waals surface area contributed by atoms with E-state index in [0.29, 0.717) is 0 Å². The molecule has 0 spiro atoms. The summed E-state index contributed by atoms with van der Waals surface area (Å²) in [7, 11) is 0. The van der Waals surface area contributed by atoms with Crippen molar-refractivity contribution < 1.29 is 4.79 Å². The number of nitrogens with one attached hydrogen (secondary N) is 1. The maximum Gasteiger partial charge on any atom is 0.244 e. The third-order valence-electron chi connectivity index (χ3n) is 4.76. The van der Waals surface area contributed by atoms with Gasteiger partial charge in [-0.15, -0.1) is 11.3 Å². The molecule has 0 radical (unpaired) electrons. The third kappa shape index (κ3) is 3.01. The fraction of sp³-hybridized carbons (Fsp3) is 0.143. The molecule has 3 aromatic rings. The lowest BCUT2D eigenvalue weighted by atomic mass is 9.85. The van der Waals surface area contributed by atoms with E-state index in [1.54, 1.807) is 17.6 Å². The Hall–Kier alpha value is -2.72. The second-order valence-corrected chi connectivity index (χ2v) is 7.19. The lowest BCUT2D eigenvalue weighted by Crippen LogP contribution is -2.25. The second kappa shape index (κ2) is 6.65. The van der Waals surface area contributed by atoms with E-state index in [0.717, 1.165) is 11.3 Å². The van der Waals surface area contributed by atoms with Gasteiger partial charge in [-0.05, 0) is 29.0 Å². The number of rotatable bonds is 5. The van der Waals surface area contributed by atoms with Crippen LogP contribution in [0.5, 0.6) is 0 Å². The van der Waals surface area contributed by atoms with Crippen molar-refractivity contribution in [2.75, 3.05) is 0 Å². The third-order valence-corrected chi connectivity index (χ3v) is 5.57. The van der Waals surface area contributed by atoms with Crippen molar-refractivity contribution in [3.63, 3.8) is 0 Å². The van der Waals surface area contributed by atoms with Crippen LogP contribution in [-0.4, -0.2) is 12.1 Å². The molecule has 1 N–H and O–H groups in total. The smallest absolute Gasteiger partial charge is 0.244 e. The number of nitrogens with zero attached hydrogens (tertiary/aromatic N) is 1. The summed E-state index contributed by atoms with van der Waals surface area (Å²) >= 11 is 1.59. The van der Waals surface area contributed by atoms with E-state index in [-0.39, 0.29) is 17.2 Å². The van der Waals surface area contributed by atoms with Crippen LogP contribution < -0.4 is 5.43 Å². The van der Waals surface area contributed by atoms with E-state index < -0.39 is 0 Å². The number of hydrogen-bond donors (Lipinski definition) is 1. The first-order valence-corrected chi connectivity index (χ1v) is 9.16. The van der Waals surface area contributed by atoms with Gasteiger partial charge in [0.15, 0.2) is 0 Å². The van der Waals surface area contributed by atoms with Crippen LogP contribution in [0.1, 0.15) is 22.4 Å². The Labute approximate surface area is 151 Å². The van der Waals surface area contributed by atoms with Gasteiger partial charge in [-0.2, -0.15) is 5.10 Å². The fourth-order valence-electron chi connectivity index (χ4n) is 3.46. The highest BCUT2D eigenvalue weighted by Crippen LogP contribution is 2.58. The molecule has 1 fully saturated rings. The highest BCUT2D eigenvalue weighted by molar-refractivity contribution is 7.11. The van der Waals surface area contributed by atoms with Crippen molar-refractivity contribution >= 4 is 23.5 Å². The number of thiophene rings is 1. The van der Waals surface area contributed by atoms with Crippen LogP contribution >= 0.6 is 11.3 Å². The van der Waals surface area contributed by atoms with Crippen LogP contribution in [0.3, 0.4) is 0 Å². The number of carbonyl (C=O) groups is 1. The number of hydrogen-bond acceptors (Lipinski definition) is 3. The Kier molecular flexibility index (Phi) is 4.20. The van der Waals surface area contributed by atoms with E-state index in [1.807, 2.05) is 53.9 Å². The average Bonchev–Trinajstić information content (AvgIpc) is 3.23. The summed E-state index contributed by atoms with van der Waals surface area (Å²) in [6, 6.07) is 24.5. The van der Waals surface area contributed by atoms with Crippen LogP contribution in [0, 0.1) is 5.92 Å². The molecule has 1 saturated carbocycles. The molecule has 1 unspecified atom stereocenters. The van der Waals surface area contributed by atoms with E-state index in [1.165, 1.54) is 11.1 Å². The lowest BCUT2D eigenvalue weighted by Gasteiger charge is -2.18. The van der Waals surface area contributed by atoms with Gasteiger partial charge in [-0.1, -0.05) is 66.7 Å². The standard InChI is InChI=1S/C21H18N2OS/c24-20(23-22-15-18-12-7-13-25-18)19-14-21(19,16-8-3-1-4-9-16)17-10-5-2-6-11-17/h1-13,15,19H,14H2,(H,23,24)/b22-15+. The van der Waals surface area contributed by atoms with Gasteiger partial charge in [0, 0.05) is 10.3 Å². The second-order valence-electron chi connectivity index (χ2n) is 6.21. The van der Waals surface area contributed by atoms with Gasteiger partial charge in [0.05, 0.1) is 12.1 Å². The van der Waals surface area contributed by atoms with Crippen LogP contribution in [0.4, 0.5) is 0 Å². The highest BCUT2D eigenvalue weighted by Gasteiger charge is 2.60. The van der Waals surface area contributed by atoms with Crippen LogP contribution in [-0.2, 0) is 10.2 Å². The molecule has 1 aliphatic carbocycles. The van der Waals surface area contributed by atoms with E-state index in [9.17, 15) is 4.79 Å². The number of benzene rings is 2. The molecular formula is C21H18N2OS. The zero-order valence-corrected chi connectivity index (χ0v) is 14.4. The quantitative estimate of drug-likeness (QED) is 0.546. The molecule has 3 nitrogen and oxygen atoms in total. The summed E-state index contributed by atoms with van der Waals surface area (Å²) < 4.78 is 0. The van der Waals surface area contributed by atoms with Crippen LogP contribution in [0.15, 0.2) is 83.3 Å². The number of carbonyl (C=O) groups excluding carboxylic acids is 1. The Balaban J connectivity index is 1.57. The van der Waals surface area contributed by atoms with Crippen LogP contribution in [0.2, 0.25) is 0 Å². The van der Waals surface area contributed by atoms with E-state index >= 15 is 0 Å². The van der Waals surface area contributed by atoms with Gasteiger partial charge < -0.3 is 0 Å². The summed E-state index contributed by atoms with van der Waals surface area (Å²) in [5, 5.41) is 6.10. The molecule has 1 atom stereocenters. The van der Waals surface area contributed by atoms with Crippen molar-refractivity contribution in [2.45, 2.75) is 11.8 Å². The molecule has 0 aliphatic heterocycles. The molecule has 1 amide bonds. The molecule has 124 valence electrons. The monoisotopic (exact) mass is 346 g/mol.